The molecule has 0 saturated carbocycles. The Morgan fingerprint density at radius 3 is 1.92 bits per heavy atom. The van der Waals surface area contributed by atoms with E-state index in [-0.39, 0.29) is 11.0 Å². The van der Waals surface area contributed by atoms with Gasteiger partial charge in [-0.3, -0.25) is 0 Å². The van der Waals surface area contributed by atoms with Gasteiger partial charge in [0.2, 0.25) is 6.71 Å². The van der Waals surface area contributed by atoms with E-state index < -0.39 is 0 Å². The minimum atomic E-state index is 0. The summed E-state index contributed by atoms with van der Waals surface area (Å²) in [5.74, 6) is 0. The summed E-state index contributed by atoms with van der Waals surface area (Å²) in [6.07, 6.45) is 0. The maximum atomic E-state index is 4.86. The van der Waals surface area contributed by atoms with Crippen LogP contribution in [0.3, 0.4) is 0 Å². The largest absolute Gasteiger partial charge is 0.412 e. The van der Waals surface area contributed by atoms with E-state index >= 15 is 0 Å². The molecule has 0 amide bonds. The summed E-state index contributed by atoms with van der Waals surface area (Å²) in [5, 5.41) is 0. The van der Waals surface area contributed by atoms with E-state index in [4.69, 9.17) is 9.97 Å². The average molecular weight is 318 g/mol. The van der Waals surface area contributed by atoms with Crippen molar-refractivity contribution in [2.45, 2.75) is 6.82 Å². The standard InChI is InChI=1S/C19H15BN2.2H2O/c1-20(14-8-3-2-4-9-14)15-10-7-13-18-19(15)22-17-12-6-5-11-16(17)21-18;;/h2-13H,1H3;2*1H2. The SMILES string of the molecule is CB(c1ccccc1)c1cccc2nc3ccccc3nc12.O.O. The summed E-state index contributed by atoms with van der Waals surface area (Å²) in [6.45, 7) is 2.52. The van der Waals surface area contributed by atoms with Gasteiger partial charge in [0.05, 0.1) is 22.1 Å². The van der Waals surface area contributed by atoms with Crippen molar-refractivity contribution in [1.29, 1.82) is 0 Å². The van der Waals surface area contributed by atoms with Gasteiger partial charge in [-0.05, 0) is 23.7 Å². The second kappa shape index (κ2) is 7.21. The molecule has 0 spiro atoms. The molecule has 0 atom stereocenters. The third-order valence-electron chi connectivity index (χ3n) is 4.17. The lowest BCUT2D eigenvalue weighted by atomic mass is 9.42. The summed E-state index contributed by atoms with van der Waals surface area (Å²) in [7, 11) is 0. The highest BCUT2D eigenvalue weighted by molar-refractivity contribution is 6.85. The summed E-state index contributed by atoms with van der Waals surface area (Å²) >= 11 is 0. The Balaban J connectivity index is 0.00000104. The predicted molar refractivity (Wildman–Crippen MR) is 102 cm³/mol. The molecular weight excluding hydrogens is 299 g/mol. The number of aromatic nitrogens is 2. The number of fused-ring (bicyclic) bond motifs is 2. The van der Waals surface area contributed by atoms with Gasteiger partial charge in [0.25, 0.3) is 0 Å². The first-order valence-corrected chi connectivity index (χ1v) is 7.53. The summed E-state index contributed by atoms with van der Waals surface area (Å²) in [5.41, 5.74) is 6.37. The Bertz CT molecular complexity index is 961. The van der Waals surface area contributed by atoms with Gasteiger partial charge in [0.1, 0.15) is 0 Å². The number of benzene rings is 3. The van der Waals surface area contributed by atoms with Crippen molar-refractivity contribution in [1.82, 2.24) is 9.97 Å². The first-order valence-electron chi connectivity index (χ1n) is 7.53. The fourth-order valence-electron chi connectivity index (χ4n) is 2.93. The molecule has 1 aromatic heterocycles. The molecule has 5 heteroatoms. The van der Waals surface area contributed by atoms with Crippen LogP contribution in [0.1, 0.15) is 0 Å². The Morgan fingerprint density at radius 1 is 0.625 bits per heavy atom. The summed E-state index contributed by atoms with van der Waals surface area (Å²) in [4.78, 5) is 9.61. The molecule has 3 aromatic carbocycles. The van der Waals surface area contributed by atoms with E-state index in [1.54, 1.807) is 0 Å². The van der Waals surface area contributed by atoms with Crippen molar-refractivity contribution in [2.75, 3.05) is 0 Å². The van der Waals surface area contributed by atoms with Gasteiger partial charge in [0, 0.05) is 0 Å². The second-order valence-electron chi connectivity index (χ2n) is 5.56. The van der Waals surface area contributed by atoms with Gasteiger partial charge < -0.3 is 11.0 Å². The highest BCUT2D eigenvalue weighted by Gasteiger charge is 2.17. The van der Waals surface area contributed by atoms with Gasteiger partial charge in [-0.15, -0.1) is 0 Å². The van der Waals surface area contributed by atoms with Crippen LogP contribution in [0.5, 0.6) is 0 Å². The van der Waals surface area contributed by atoms with Crippen molar-refractivity contribution in [3.05, 3.63) is 72.8 Å². The van der Waals surface area contributed by atoms with Crippen molar-refractivity contribution in [3.8, 4) is 0 Å². The first kappa shape index (κ1) is 17.6. The average Bonchev–Trinajstić information content (AvgIpc) is 2.59. The second-order valence-corrected chi connectivity index (χ2v) is 5.56. The van der Waals surface area contributed by atoms with Gasteiger partial charge in [-0.2, -0.15) is 0 Å². The molecule has 4 N–H and O–H groups in total. The quantitative estimate of drug-likeness (QED) is 0.413. The lowest BCUT2D eigenvalue weighted by Gasteiger charge is -2.12. The molecule has 120 valence electrons. The monoisotopic (exact) mass is 318 g/mol. The zero-order valence-corrected chi connectivity index (χ0v) is 13.4. The fourth-order valence-corrected chi connectivity index (χ4v) is 2.93. The Labute approximate surface area is 140 Å². The molecular formula is C19H19BN2O2. The van der Waals surface area contributed by atoms with Crippen LogP contribution in [0.15, 0.2) is 72.8 Å². The third-order valence-corrected chi connectivity index (χ3v) is 4.17. The first-order chi connectivity index (χ1) is 10.8. The molecule has 24 heavy (non-hydrogen) atoms. The zero-order valence-electron chi connectivity index (χ0n) is 13.4. The normalized spacial score (nSPS) is 10.0. The molecule has 4 aromatic rings. The topological polar surface area (TPSA) is 88.8 Å². The Morgan fingerprint density at radius 2 is 1.21 bits per heavy atom. The molecule has 0 saturated heterocycles. The van der Waals surface area contributed by atoms with Crippen LogP contribution >= 0.6 is 0 Å². The number of rotatable bonds is 2. The number of para-hydroxylation sites is 3. The van der Waals surface area contributed by atoms with Crippen LogP contribution in [0.2, 0.25) is 6.82 Å². The highest BCUT2D eigenvalue weighted by Crippen LogP contribution is 2.14. The van der Waals surface area contributed by atoms with Crippen molar-refractivity contribution in [3.63, 3.8) is 0 Å². The van der Waals surface area contributed by atoms with E-state index in [1.165, 1.54) is 10.9 Å². The molecule has 4 rings (SSSR count). The van der Waals surface area contributed by atoms with Crippen LogP contribution in [0.4, 0.5) is 0 Å². The van der Waals surface area contributed by atoms with E-state index in [0.717, 1.165) is 22.1 Å². The highest BCUT2D eigenvalue weighted by atomic mass is 16.0. The van der Waals surface area contributed by atoms with E-state index in [1.807, 2.05) is 36.4 Å². The fraction of sp³-hybridized carbons (Fsp3) is 0.0526. The lowest BCUT2D eigenvalue weighted by molar-refractivity contribution is 0.823. The van der Waals surface area contributed by atoms with E-state index in [0.29, 0.717) is 6.71 Å². The summed E-state index contributed by atoms with van der Waals surface area (Å²) in [6, 6.07) is 24.8. The van der Waals surface area contributed by atoms with Crippen LogP contribution in [-0.2, 0) is 0 Å². The third kappa shape index (κ3) is 3.00. The maximum absolute atomic E-state index is 4.86. The van der Waals surface area contributed by atoms with Gasteiger partial charge >= 0.3 is 0 Å². The molecule has 0 fully saturated rings. The number of nitrogens with zero attached hydrogens (tertiary/aromatic N) is 2. The van der Waals surface area contributed by atoms with Crippen molar-refractivity contribution < 1.29 is 11.0 Å². The number of hydrogen-bond acceptors (Lipinski definition) is 2. The summed E-state index contributed by atoms with van der Waals surface area (Å²) < 4.78 is 0. The number of hydrogen-bond donors (Lipinski definition) is 0. The van der Waals surface area contributed by atoms with Crippen LogP contribution in [0.25, 0.3) is 22.1 Å². The molecule has 1 heterocycles. The molecule has 0 radical (unpaired) electrons. The Hall–Kier alpha value is -2.76. The lowest BCUT2D eigenvalue weighted by Crippen LogP contribution is -2.39. The molecule has 0 aliphatic heterocycles. The van der Waals surface area contributed by atoms with Gasteiger partial charge in [-0.1, -0.05) is 66.9 Å². The van der Waals surface area contributed by atoms with Crippen LogP contribution in [0, 0.1) is 0 Å². The molecule has 0 aliphatic carbocycles. The van der Waals surface area contributed by atoms with Gasteiger partial charge in [0.15, 0.2) is 0 Å². The minimum Gasteiger partial charge on any atom is -0.412 e. The van der Waals surface area contributed by atoms with Crippen molar-refractivity contribution >= 4 is 39.7 Å². The molecule has 0 unspecified atom stereocenters. The minimum absolute atomic E-state index is 0. The molecule has 4 nitrogen and oxygen atoms in total. The molecule has 0 bridgehead atoms. The van der Waals surface area contributed by atoms with E-state index in [9.17, 15) is 0 Å². The zero-order chi connectivity index (χ0) is 14.9. The Kier molecular flexibility index (Phi) is 5.29. The smallest absolute Gasteiger partial charge is 0.209 e. The van der Waals surface area contributed by atoms with Crippen LogP contribution in [-0.4, -0.2) is 27.6 Å². The van der Waals surface area contributed by atoms with E-state index in [2.05, 4.69) is 43.2 Å². The van der Waals surface area contributed by atoms with Crippen LogP contribution < -0.4 is 10.9 Å². The molecule has 0 aliphatic rings. The van der Waals surface area contributed by atoms with Gasteiger partial charge in [-0.25, -0.2) is 9.97 Å². The van der Waals surface area contributed by atoms with Crippen molar-refractivity contribution in [2.24, 2.45) is 0 Å². The maximum Gasteiger partial charge on any atom is 0.209 e. The predicted octanol–water partition coefficient (Wildman–Crippen LogP) is 1.37.